The molecule has 0 spiro atoms. The lowest BCUT2D eigenvalue weighted by molar-refractivity contribution is -0.116. The summed E-state index contributed by atoms with van der Waals surface area (Å²) in [6.07, 6.45) is 1.14. The summed E-state index contributed by atoms with van der Waals surface area (Å²) in [5.41, 5.74) is 8.84. The first kappa shape index (κ1) is 14.0. The molecule has 0 saturated heterocycles. The Morgan fingerprint density at radius 2 is 2.14 bits per heavy atom. The molecule has 21 heavy (non-hydrogen) atoms. The molecule has 1 heterocycles. The lowest BCUT2D eigenvalue weighted by atomic mass is 9.64. The maximum absolute atomic E-state index is 6.19. The summed E-state index contributed by atoms with van der Waals surface area (Å²) in [4.78, 5) is 0. The molecule has 6 nitrogen and oxygen atoms in total. The topological polar surface area (TPSA) is 78.8 Å². The van der Waals surface area contributed by atoms with Crippen LogP contribution >= 0.6 is 0 Å². The van der Waals surface area contributed by atoms with Crippen LogP contribution in [0.4, 0.5) is 5.69 Å². The molecule has 2 aromatic rings. The molecule has 0 aliphatic heterocycles. The number of rotatable bonds is 3. The Morgan fingerprint density at radius 1 is 1.38 bits per heavy atom. The van der Waals surface area contributed by atoms with Crippen LogP contribution < -0.4 is 5.73 Å². The molecule has 2 atom stereocenters. The van der Waals surface area contributed by atoms with E-state index in [-0.39, 0.29) is 17.6 Å². The molecule has 3 rings (SSSR count). The molecule has 1 aliphatic carbocycles. The van der Waals surface area contributed by atoms with Crippen LogP contribution in [0.25, 0.3) is 11.4 Å². The quantitative estimate of drug-likeness (QED) is 0.876. The fraction of sp³-hybridized carbons (Fsp3) is 0.533. The summed E-state index contributed by atoms with van der Waals surface area (Å²) in [6.45, 7) is 6.35. The molecule has 112 valence electrons. The van der Waals surface area contributed by atoms with E-state index < -0.39 is 0 Å². The number of nitrogen functional groups attached to an aromatic ring is 1. The van der Waals surface area contributed by atoms with Crippen molar-refractivity contribution < 1.29 is 4.74 Å². The second-order valence-corrected chi connectivity index (χ2v) is 6.28. The smallest absolute Gasteiger partial charge is 0.184 e. The van der Waals surface area contributed by atoms with Crippen molar-refractivity contribution in [3.8, 4) is 11.4 Å². The third kappa shape index (κ3) is 2.01. The lowest BCUT2D eigenvalue weighted by Gasteiger charge is -2.50. The van der Waals surface area contributed by atoms with Gasteiger partial charge in [-0.2, -0.15) is 0 Å². The van der Waals surface area contributed by atoms with Crippen LogP contribution in [-0.4, -0.2) is 33.4 Å². The van der Waals surface area contributed by atoms with Gasteiger partial charge in [0.25, 0.3) is 0 Å². The minimum atomic E-state index is -0.00251. The van der Waals surface area contributed by atoms with E-state index in [0.29, 0.717) is 0 Å². The number of benzene rings is 1. The number of para-hydroxylation sites is 1. The predicted octanol–water partition coefficient (Wildman–Crippen LogP) is 2.22. The van der Waals surface area contributed by atoms with Crippen molar-refractivity contribution in [1.82, 2.24) is 20.2 Å². The Hall–Kier alpha value is -1.95. The zero-order chi connectivity index (χ0) is 15.2. The van der Waals surface area contributed by atoms with Crippen LogP contribution in [0.1, 0.15) is 31.9 Å². The van der Waals surface area contributed by atoms with Crippen molar-refractivity contribution in [2.75, 3.05) is 12.8 Å². The van der Waals surface area contributed by atoms with Crippen LogP contribution in [0.3, 0.4) is 0 Å². The first-order chi connectivity index (χ1) is 9.96. The standard InChI is InChI=1S/C15H21N5O/c1-9-6-5-7-10(13(9)16)14-17-18-19-20(14)11-8-12(21-4)15(11,2)3/h5-7,11-12H,8,16H2,1-4H3. The molecule has 0 bridgehead atoms. The highest BCUT2D eigenvalue weighted by molar-refractivity contribution is 5.74. The number of ether oxygens (including phenoxy) is 1. The van der Waals surface area contributed by atoms with Gasteiger partial charge in [0.2, 0.25) is 0 Å². The van der Waals surface area contributed by atoms with Crippen LogP contribution in [-0.2, 0) is 4.74 Å². The molecule has 1 aliphatic rings. The van der Waals surface area contributed by atoms with Crippen molar-refractivity contribution >= 4 is 5.69 Å². The normalized spacial score (nSPS) is 23.8. The number of aryl methyl sites for hydroxylation is 1. The van der Waals surface area contributed by atoms with Gasteiger partial charge in [0.15, 0.2) is 5.82 Å². The number of nitrogens with two attached hydrogens (primary N) is 1. The Labute approximate surface area is 124 Å². The Balaban J connectivity index is 2.01. The van der Waals surface area contributed by atoms with E-state index >= 15 is 0 Å². The lowest BCUT2D eigenvalue weighted by Crippen LogP contribution is -2.51. The van der Waals surface area contributed by atoms with Gasteiger partial charge in [0.1, 0.15) is 0 Å². The second kappa shape index (κ2) is 4.80. The van der Waals surface area contributed by atoms with Crippen LogP contribution in [0.5, 0.6) is 0 Å². The summed E-state index contributed by atoms with van der Waals surface area (Å²) in [5.74, 6) is 0.726. The number of anilines is 1. The summed E-state index contributed by atoms with van der Waals surface area (Å²) >= 11 is 0. The number of hydrogen-bond acceptors (Lipinski definition) is 5. The second-order valence-electron chi connectivity index (χ2n) is 6.28. The summed E-state index contributed by atoms with van der Waals surface area (Å²) < 4.78 is 7.40. The number of aromatic nitrogens is 4. The first-order valence-electron chi connectivity index (χ1n) is 7.13. The largest absolute Gasteiger partial charge is 0.398 e. The average Bonchev–Trinajstić information content (AvgIpc) is 2.90. The highest BCUT2D eigenvalue weighted by Crippen LogP contribution is 2.51. The monoisotopic (exact) mass is 287 g/mol. The van der Waals surface area contributed by atoms with Gasteiger partial charge in [-0.15, -0.1) is 5.10 Å². The molecule has 0 radical (unpaired) electrons. The number of tetrazole rings is 1. The highest BCUT2D eigenvalue weighted by Gasteiger charge is 2.51. The zero-order valence-electron chi connectivity index (χ0n) is 12.9. The summed E-state index contributed by atoms with van der Waals surface area (Å²) in [7, 11) is 1.75. The maximum Gasteiger partial charge on any atom is 0.184 e. The van der Waals surface area contributed by atoms with Crippen molar-refractivity contribution in [3.05, 3.63) is 23.8 Å². The average molecular weight is 287 g/mol. The van der Waals surface area contributed by atoms with E-state index in [0.717, 1.165) is 29.1 Å². The third-order valence-electron chi connectivity index (χ3n) is 4.76. The zero-order valence-corrected chi connectivity index (χ0v) is 12.9. The molecular formula is C15H21N5O. The number of nitrogens with zero attached hydrogens (tertiary/aromatic N) is 4. The molecule has 1 fully saturated rings. The number of hydrogen-bond donors (Lipinski definition) is 1. The van der Waals surface area contributed by atoms with Gasteiger partial charge in [0, 0.05) is 23.8 Å². The van der Waals surface area contributed by atoms with E-state index in [9.17, 15) is 0 Å². The van der Waals surface area contributed by atoms with Crippen molar-refractivity contribution in [2.24, 2.45) is 5.41 Å². The highest BCUT2D eigenvalue weighted by atomic mass is 16.5. The summed E-state index contributed by atoms with van der Waals surface area (Å²) in [5, 5.41) is 12.2. The molecule has 1 saturated carbocycles. The SMILES string of the molecule is COC1CC(n2nnnc2-c2cccc(C)c2N)C1(C)C. The number of methoxy groups -OCH3 is 1. The van der Waals surface area contributed by atoms with Gasteiger partial charge in [0.05, 0.1) is 12.1 Å². The van der Waals surface area contributed by atoms with E-state index in [2.05, 4.69) is 29.4 Å². The van der Waals surface area contributed by atoms with Crippen molar-refractivity contribution in [2.45, 2.75) is 39.3 Å². The third-order valence-corrected chi connectivity index (χ3v) is 4.76. The van der Waals surface area contributed by atoms with E-state index in [4.69, 9.17) is 10.5 Å². The minimum Gasteiger partial charge on any atom is -0.398 e. The van der Waals surface area contributed by atoms with Crippen LogP contribution in [0.15, 0.2) is 18.2 Å². The first-order valence-corrected chi connectivity index (χ1v) is 7.13. The van der Waals surface area contributed by atoms with E-state index in [1.807, 2.05) is 29.8 Å². The fourth-order valence-corrected chi connectivity index (χ4v) is 3.14. The van der Waals surface area contributed by atoms with Crippen molar-refractivity contribution in [1.29, 1.82) is 0 Å². The molecule has 0 amide bonds. The maximum atomic E-state index is 6.19. The molecule has 2 N–H and O–H groups in total. The molecule has 1 aromatic carbocycles. The van der Waals surface area contributed by atoms with Crippen LogP contribution in [0, 0.1) is 12.3 Å². The van der Waals surface area contributed by atoms with Gasteiger partial charge in [-0.05, 0) is 35.4 Å². The van der Waals surface area contributed by atoms with Crippen molar-refractivity contribution in [3.63, 3.8) is 0 Å². The Morgan fingerprint density at radius 3 is 2.81 bits per heavy atom. The van der Waals surface area contributed by atoms with Gasteiger partial charge >= 0.3 is 0 Å². The van der Waals surface area contributed by atoms with Gasteiger partial charge in [-0.3, -0.25) is 0 Å². The molecule has 6 heteroatoms. The van der Waals surface area contributed by atoms with E-state index in [1.165, 1.54) is 0 Å². The van der Waals surface area contributed by atoms with E-state index in [1.54, 1.807) is 7.11 Å². The fourth-order valence-electron chi connectivity index (χ4n) is 3.14. The predicted molar refractivity (Wildman–Crippen MR) is 80.6 cm³/mol. The Kier molecular flexibility index (Phi) is 3.20. The van der Waals surface area contributed by atoms with Crippen LogP contribution in [0.2, 0.25) is 0 Å². The molecule has 2 unspecified atom stereocenters. The van der Waals surface area contributed by atoms with Gasteiger partial charge < -0.3 is 10.5 Å². The Bertz CT molecular complexity index is 664. The molecule has 1 aromatic heterocycles. The summed E-state index contributed by atoms with van der Waals surface area (Å²) in [6, 6.07) is 6.14. The van der Waals surface area contributed by atoms with Gasteiger partial charge in [-0.25, -0.2) is 4.68 Å². The minimum absolute atomic E-state index is 0.00251. The molecular weight excluding hydrogens is 266 g/mol. The van der Waals surface area contributed by atoms with Gasteiger partial charge in [-0.1, -0.05) is 26.0 Å².